The topological polar surface area (TPSA) is 73.1 Å². The Labute approximate surface area is 155 Å². The van der Waals surface area contributed by atoms with Crippen LogP contribution in [-0.4, -0.2) is 45.9 Å². The molecule has 1 unspecified atom stereocenters. The molecule has 0 radical (unpaired) electrons. The standard InChI is InChI=1S/C18H21N5O2S/c1-10-7-11(2)23(21-10)13-5-6-22(8-13)16-14-12(3)15(18(24)25-4)26-17(14)20-9-19-16/h7,9,13H,5-6,8H2,1-4H3. The maximum atomic E-state index is 12.0. The minimum Gasteiger partial charge on any atom is -0.465 e. The van der Waals surface area contributed by atoms with Crippen LogP contribution in [0.2, 0.25) is 0 Å². The molecule has 8 heteroatoms. The molecule has 0 amide bonds. The Morgan fingerprint density at radius 2 is 2.12 bits per heavy atom. The molecule has 0 N–H and O–H groups in total. The Morgan fingerprint density at radius 3 is 2.81 bits per heavy atom. The third kappa shape index (κ3) is 2.65. The predicted octanol–water partition coefficient (Wildman–Crippen LogP) is 3.05. The highest BCUT2D eigenvalue weighted by atomic mass is 32.1. The highest BCUT2D eigenvalue weighted by Gasteiger charge is 2.29. The van der Waals surface area contributed by atoms with Crippen molar-refractivity contribution in [2.45, 2.75) is 33.2 Å². The van der Waals surface area contributed by atoms with Gasteiger partial charge in [-0.05, 0) is 38.8 Å². The predicted molar refractivity (Wildman–Crippen MR) is 101 cm³/mol. The lowest BCUT2D eigenvalue weighted by atomic mass is 10.2. The van der Waals surface area contributed by atoms with Gasteiger partial charge in [0.05, 0.1) is 24.2 Å². The van der Waals surface area contributed by atoms with Gasteiger partial charge in [-0.25, -0.2) is 14.8 Å². The average Bonchev–Trinajstić information content (AvgIpc) is 3.32. The minimum atomic E-state index is -0.321. The Kier molecular flexibility index (Phi) is 4.14. The van der Waals surface area contributed by atoms with Gasteiger partial charge in [-0.2, -0.15) is 5.10 Å². The lowest BCUT2D eigenvalue weighted by Gasteiger charge is -2.19. The first-order chi connectivity index (χ1) is 12.5. The van der Waals surface area contributed by atoms with E-state index in [1.54, 1.807) is 6.33 Å². The highest BCUT2D eigenvalue weighted by Crippen LogP contribution is 2.37. The third-order valence-corrected chi connectivity index (χ3v) is 6.11. The molecule has 3 aromatic rings. The number of ether oxygens (including phenoxy) is 1. The maximum absolute atomic E-state index is 12.0. The number of hydrogen-bond acceptors (Lipinski definition) is 7. The molecule has 0 bridgehead atoms. The zero-order chi connectivity index (χ0) is 18.4. The summed E-state index contributed by atoms with van der Waals surface area (Å²) in [5.41, 5.74) is 3.12. The number of nitrogens with zero attached hydrogens (tertiary/aromatic N) is 5. The van der Waals surface area contributed by atoms with Crippen LogP contribution in [0.5, 0.6) is 0 Å². The zero-order valence-electron chi connectivity index (χ0n) is 15.3. The van der Waals surface area contributed by atoms with Crippen LogP contribution in [0.1, 0.15) is 39.1 Å². The molecular weight excluding hydrogens is 350 g/mol. The molecule has 26 heavy (non-hydrogen) atoms. The summed E-state index contributed by atoms with van der Waals surface area (Å²) in [6.07, 6.45) is 2.59. The van der Waals surface area contributed by atoms with Crippen LogP contribution >= 0.6 is 11.3 Å². The molecule has 1 aliphatic heterocycles. The van der Waals surface area contributed by atoms with Crippen molar-refractivity contribution in [1.29, 1.82) is 0 Å². The van der Waals surface area contributed by atoms with E-state index < -0.39 is 0 Å². The van der Waals surface area contributed by atoms with Crippen molar-refractivity contribution in [3.8, 4) is 0 Å². The number of fused-ring (bicyclic) bond motifs is 1. The van der Waals surface area contributed by atoms with Crippen LogP contribution < -0.4 is 4.90 Å². The van der Waals surface area contributed by atoms with E-state index >= 15 is 0 Å². The molecule has 3 aromatic heterocycles. The zero-order valence-corrected chi connectivity index (χ0v) is 16.1. The Balaban J connectivity index is 1.70. The third-order valence-electron chi connectivity index (χ3n) is 4.93. The number of anilines is 1. The molecule has 0 saturated carbocycles. The van der Waals surface area contributed by atoms with E-state index in [4.69, 9.17) is 4.74 Å². The quantitative estimate of drug-likeness (QED) is 0.659. The molecule has 136 valence electrons. The smallest absolute Gasteiger partial charge is 0.348 e. The first-order valence-electron chi connectivity index (χ1n) is 8.59. The number of carbonyl (C=O) groups is 1. The normalized spacial score (nSPS) is 17.2. The molecule has 0 aliphatic carbocycles. The van der Waals surface area contributed by atoms with Gasteiger partial charge in [0.2, 0.25) is 0 Å². The number of hydrogen-bond donors (Lipinski definition) is 0. The SMILES string of the molecule is COC(=O)c1sc2ncnc(N3CCC(n4nc(C)cc4C)C3)c2c1C. The van der Waals surface area contributed by atoms with E-state index in [-0.39, 0.29) is 5.97 Å². The fourth-order valence-electron chi connectivity index (χ4n) is 3.73. The molecule has 1 atom stereocenters. The van der Waals surface area contributed by atoms with Crippen LogP contribution in [0, 0.1) is 20.8 Å². The van der Waals surface area contributed by atoms with Crippen LogP contribution in [0.3, 0.4) is 0 Å². The summed E-state index contributed by atoms with van der Waals surface area (Å²) < 4.78 is 7.02. The van der Waals surface area contributed by atoms with Crippen molar-refractivity contribution < 1.29 is 9.53 Å². The van der Waals surface area contributed by atoms with Gasteiger partial charge in [0.15, 0.2) is 0 Å². The van der Waals surface area contributed by atoms with Crippen LogP contribution in [0.4, 0.5) is 5.82 Å². The van der Waals surface area contributed by atoms with Crippen LogP contribution in [0.25, 0.3) is 10.2 Å². The molecule has 7 nitrogen and oxygen atoms in total. The molecule has 4 rings (SSSR count). The van der Waals surface area contributed by atoms with Gasteiger partial charge in [0, 0.05) is 18.8 Å². The second-order valence-electron chi connectivity index (χ2n) is 6.69. The van der Waals surface area contributed by atoms with Crippen LogP contribution in [0.15, 0.2) is 12.4 Å². The van der Waals surface area contributed by atoms with E-state index in [9.17, 15) is 4.79 Å². The first kappa shape index (κ1) is 17.0. The fourth-order valence-corrected chi connectivity index (χ4v) is 4.79. The van der Waals surface area contributed by atoms with E-state index in [1.165, 1.54) is 24.1 Å². The maximum Gasteiger partial charge on any atom is 0.348 e. The minimum absolute atomic E-state index is 0.321. The number of aromatic nitrogens is 4. The van der Waals surface area contributed by atoms with Gasteiger partial charge in [-0.1, -0.05) is 0 Å². The van der Waals surface area contributed by atoms with Crippen molar-refractivity contribution in [3.05, 3.63) is 34.2 Å². The number of carbonyl (C=O) groups excluding carboxylic acids is 1. The summed E-state index contributed by atoms with van der Waals surface area (Å²) in [6.45, 7) is 7.80. The number of aryl methyl sites for hydroxylation is 3. The summed E-state index contributed by atoms with van der Waals surface area (Å²) in [5.74, 6) is 0.571. The van der Waals surface area contributed by atoms with Crippen molar-refractivity contribution >= 4 is 33.3 Å². The molecule has 1 saturated heterocycles. The average molecular weight is 371 g/mol. The largest absolute Gasteiger partial charge is 0.465 e. The molecule has 4 heterocycles. The summed E-state index contributed by atoms with van der Waals surface area (Å²) >= 11 is 1.36. The monoisotopic (exact) mass is 371 g/mol. The van der Waals surface area contributed by atoms with Crippen molar-refractivity contribution in [3.63, 3.8) is 0 Å². The molecular formula is C18H21N5O2S. The van der Waals surface area contributed by atoms with Crippen molar-refractivity contribution in [2.24, 2.45) is 0 Å². The van der Waals surface area contributed by atoms with Crippen molar-refractivity contribution in [1.82, 2.24) is 19.7 Å². The van der Waals surface area contributed by atoms with Gasteiger partial charge in [-0.3, -0.25) is 4.68 Å². The molecule has 0 spiro atoms. The number of esters is 1. The lowest BCUT2D eigenvalue weighted by Crippen LogP contribution is -2.23. The summed E-state index contributed by atoms with van der Waals surface area (Å²) in [6, 6.07) is 2.43. The fraction of sp³-hybridized carbons (Fsp3) is 0.444. The van der Waals surface area contributed by atoms with E-state index in [1.807, 2.05) is 13.8 Å². The van der Waals surface area contributed by atoms with E-state index in [0.717, 1.165) is 46.8 Å². The van der Waals surface area contributed by atoms with Gasteiger partial charge in [0.25, 0.3) is 0 Å². The van der Waals surface area contributed by atoms with E-state index in [0.29, 0.717) is 10.9 Å². The highest BCUT2D eigenvalue weighted by molar-refractivity contribution is 7.20. The summed E-state index contributed by atoms with van der Waals surface area (Å²) in [7, 11) is 1.40. The molecule has 1 fully saturated rings. The number of thiophene rings is 1. The lowest BCUT2D eigenvalue weighted by molar-refractivity contribution is 0.0605. The number of methoxy groups -OCH3 is 1. The summed E-state index contributed by atoms with van der Waals surface area (Å²) in [4.78, 5) is 24.6. The van der Waals surface area contributed by atoms with Gasteiger partial charge in [-0.15, -0.1) is 11.3 Å². The van der Waals surface area contributed by atoms with E-state index in [2.05, 4.69) is 37.6 Å². The van der Waals surface area contributed by atoms with Gasteiger partial charge < -0.3 is 9.64 Å². The van der Waals surface area contributed by atoms with Crippen LogP contribution in [-0.2, 0) is 4.74 Å². The second-order valence-corrected chi connectivity index (χ2v) is 7.68. The molecule has 1 aliphatic rings. The van der Waals surface area contributed by atoms with Crippen molar-refractivity contribution in [2.75, 3.05) is 25.1 Å². The Bertz CT molecular complexity index is 993. The number of rotatable bonds is 3. The van der Waals surface area contributed by atoms with Gasteiger partial charge >= 0.3 is 5.97 Å². The first-order valence-corrected chi connectivity index (χ1v) is 9.41. The summed E-state index contributed by atoms with van der Waals surface area (Å²) in [5, 5.41) is 5.59. The second kappa shape index (κ2) is 6.35. The molecule has 0 aromatic carbocycles. The Morgan fingerprint density at radius 1 is 1.31 bits per heavy atom. The van der Waals surface area contributed by atoms with Gasteiger partial charge in [0.1, 0.15) is 21.9 Å². The Hall–Kier alpha value is -2.48.